The maximum Gasteiger partial charge on any atom is 0.231 e. The molecule has 1 saturated carbocycles. The van der Waals surface area contributed by atoms with Crippen LogP contribution < -0.4 is 5.32 Å². The summed E-state index contributed by atoms with van der Waals surface area (Å²) in [6.45, 7) is 3.04. The van der Waals surface area contributed by atoms with Crippen molar-refractivity contribution in [2.45, 2.75) is 38.6 Å². The molecule has 2 amide bonds. The lowest BCUT2D eigenvalue weighted by Gasteiger charge is -2.16. The Labute approximate surface area is 150 Å². The quantitative estimate of drug-likeness (QED) is 0.894. The highest BCUT2D eigenvalue weighted by molar-refractivity contribution is 7.15. The Morgan fingerprint density at radius 1 is 1.28 bits per heavy atom. The van der Waals surface area contributed by atoms with E-state index in [4.69, 9.17) is 0 Å². The lowest BCUT2D eigenvalue weighted by Crippen LogP contribution is -2.28. The van der Waals surface area contributed by atoms with Crippen molar-refractivity contribution in [3.63, 3.8) is 0 Å². The molecule has 1 aliphatic heterocycles. The van der Waals surface area contributed by atoms with E-state index in [1.54, 1.807) is 4.90 Å². The number of hydrogen-bond acceptors (Lipinski definition) is 5. The predicted molar refractivity (Wildman–Crippen MR) is 95.2 cm³/mol. The molecule has 7 heteroatoms. The predicted octanol–water partition coefficient (Wildman–Crippen LogP) is 2.71. The fraction of sp³-hybridized carbons (Fsp3) is 0.444. The first-order chi connectivity index (χ1) is 12.1. The minimum atomic E-state index is -0.328. The number of rotatable bonds is 5. The first kappa shape index (κ1) is 16.2. The number of anilines is 1. The van der Waals surface area contributed by atoms with Gasteiger partial charge in [0.2, 0.25) is 16.9 Å². The Kier molecular flexibility index (Phi) is 4.25. The van der Waals surface area contributed by atoms with Gasteiger partial charge in [-0.2, -0.15) is 0 Å². The third-order valence-electron chi connectivity index (χ3n) is 4.68. The minimum Gasteiger partial charge on any atom is -0.338 e. The molecule has 1 aliphatic carbocycles. The van der Waals surface area contributed by atoms with E-state index >= 15 is 0 Å². The summed E-state index contributed by atoms with van der Waals surface area (Å²) in [4.78, 5) is 26.4. The number of hydrogen-bond donors (Lipinski definition) is 1. The molecule has 130 valence electrons. The Balaban J connectivity index is 1.35. The third-order valence-corrected chi connectivity index (χ3v) is 5.68. The number of nitrogens with zero attached hydrogens (tertiary/aromatic N) is 3. The van der Waals surface area contributed by atoms with E-state index in [1.807, 2.05) is 31.2 Å². The van der Waals surface area contributed by atoms with Gasteiger partial charge in [-0.05, 0) is 25.3 Å². The Morgan fingerprint density at radius 3 is 2.76 bits per heavy atom. The van der Waals surface area contributed by atoms with Crippen molar-refractivity contribution in [3.8, 4) is 0 Å². The van der Waals surface area contributed by atoms with Gasteiger partial charge in [0.25, 0.3) is 0 Å². The van der Waals surface area contributed by atoms with E-state index in [2.05, 4.69) is 15.5 Å². The maximum absolute atomic E-state index is 12.4. The summed E-state index contributed by atoms with van der Waals surface area (Å²) >= 11 is 1.44. The van der Waals surface area contributed by atoms with Crippen molar-refractivity contribution >= 4 is 28.3 Å². The van der Waals surface area contributed by atoms with E-state index in [1.165, 1.54) is 16.9 Å². The number of nitrogens with one attached hydrogen (secondary N) is 1. The average Bonchev–Trinajstić information content (AvgIpc) is 3.24. The Morgan fingerprint density at radius 2 is 2.04 bits per heavy atom. The molecule has 1 aromatic heterocycles. The summed E-state index contributed by atoms with van der Waals surface area (Å²) in [5, 5.41) is 12.5. The van der Waals surface area contributed by atoms with Crippen molar-refractivity contribution in [3.05, 3.63) is 40.4 Å². The molecule has 0 spiro atoms. The molecule has 0 bridgehead atoms. The number of carbonyl (C=O) groups excluding carboxylic acids is 2. The van der Waals surface area contributed by atoms with Crippen molar-refractivity contribution in [2.75, 3.05) is 11.9 Å². The van der Waals surface area contributed by atoms with Gasteiger partial charge < -0.3 is 10.2 Å². The Hall–Kier alpha value is -2.28. The van der Waals surface area contributed by atoms with Crippen LogP contribution in [0.25, 0.3) is 0 Å². The van der Waals surface area contributed by atoms with Crippen molar-refractivity contribution < 1.29 is 9.59 Å². The summed E-state index contributed by atoms with van der Waals surface area (Å²) < 4.78 is 0. The topological polar surface area (TPSA) is 75.2 Å². The highest BCUT2D eigenvalue weighted by atomic mass is 32.1. The van der Waals surface area contributed by atoms with Crippen LogP contribution in [0, 0.1) is 12.8 Å². The number of aromatic nitrogens is 2. The molecular formula is C18H20N4O2S. The monoisotopic (exact) mass is 356 g/mol. The summed E-state index contributed by atoms with van der Waals surface area (Å²) in [5.41, 5.74) is 2.27. The van der Waals surface area contributed by atoms with E-state index in [-0.39, 0.29) is 24.2 Å². The summed E-state index contributed by atoms with van der Waals surface area (Å²) in [6.07, 6.45) is 2.58. The fourth-order valence-electron chi connectivity index (χ4n) is 3.00. The lowest BCUT2D eigenvalue weighted by molar-refractivity contribution is -0.128. The zero-order valence-electron chi connectivity index (χ0n) is 14.1. The van der Waals surface area contributed by atoms with Crippen LogP contribution >= 0.6 is 11.3 Å². The number of aryl methyl sites for hydroxylation is 1. The molecule has 4 rings (SSSR count). The van der Waals surface area contributed by atoms with Gasteiger partial charge >= 0.3 is 0 Å². The Bertz CT molecular complexity index is 798. The average molecular weight is 356 g/mol. The zero-order chi connectivity index (χ0) is 17.4. The van der Waals surface area contributed by atoms with Crippen LogP contribution in [0.1, 0.15) is 41.3 Å². The second-order valence-electron chi connectivity index (χ2n) is 6.87. The molecule has 2 heterocycles. The first-order valence-electron chi connectivity index (χ1n) is 8.56. The summed E-state index contributed by atoms with van der Waals surface area (Å²) in [7, 11) is 0. The van der Waals surface area contributed by atoms with Gasteiger partial charge in [0.05, 0.1) is 5.92 Å². The normalized spacial score (nSPS) is 20.1. The minimum absolute atomic E-state index is 0.0247. The molecule has 2 aliphatic rings. The lowest BCUT2D eigenvalue weighted by atomic mass is 10.1. The maximum atomic E-state index is 12.4. The number of benzene rings is 1. The van der Waals surface area contributed by atoms with Crippen LogP contribution in [0.3, 0.4) is 0 Å². The number of carbonyl (C=O) groups is 2. The van der Waals surface area contributed by atoms with E-state index < -0.39 is 0 Å². The number of likely N-dealkylation sites (tertiary alicyclic amines) is 1. The van der Waals surface area contributed by atoms with Gasteiger partial charge in [0, 0.05) is 25.4 Å². The SMILES string of the molecule is Cc1ccc(CN2C[C@@H](C(=O)Nc3nnc(C4CC4)s3)CC2=O)cc1. The molecule has 0 unspecified atom stereocenters. The number of amides is 2. The van der Waals surface area contributed by atoms with Gasteiger partial charge in [-0.1, -0.05) is 41.2 Å². The van der Waals surface area contributed by atoms with Crippen molar-refractivity contribution in [1.82, 2.24) is 15.1 Å². The molecular weight excluding hydrogens is 336 g/mol. The molecule has 25 heavy (non-hydrogen) atoms. The van der Waals surface area contributed by atoms with Crippen LogP contribution in [0.2, 0.25) is 0 Å². The van der Waals surface area contributed by atoms with Crippen LogP contribution in [0.5, 0.6) is 0 Å². The highest BCUT2D eigenvalue weighted by Crippen LogP contribution is 2.42. The largest absolute Gasteiger partial charge is 0.338 e. The van der Waals surface area contributed by atoms with Crippen molar-refractivity contribution in [1.29, 1.82) is 0 Å². The second kappa shape index (κ2) is 6.55. The van der Waals surface area contributed by atoms with E-state index in [9.17, 15) is 9.59 Å². The molecule has 1 saturated heterocycles. The molecule has 0 radical (unpaired) electrons. The van der Waals surface area contributed by atoms with Crippen LogP contribution in [-0.4, -0.2) is 33.5 Å². The zero-order valence-corrected chi connectivity index (χ0v) is 14.9. The van der Waals surface area contributed by atoms with E-state index in [0.29, 0.717) is 24.1 Å². The fourth-order valence-corrected chi connectivity index (χ4v) is 3.92. The molecule has 2 fully saturated rings. The summed E-state index contributed by atoms with van der Waals surface area (Å²) in [6, 6.07) is 8.12. The highest BCUT2D eigenvalue weighted by Gasteiger charge is 2.35. The smallest absolute Gasteiger partial charge is 0.231 e. The third kappa shape index (κ3) is 3.71. The van der Waals surface area contributed by atoms with Crippen LogP contribution in [0.4, 0.5) is 5.13 Å². The molecule has 1 aromatic carbocycles. The molecule has 2 aromatic rings. The van der Waals surface area contributed by atoms with Gasteiger partial charge in [0.1, 0.15) is 5.01 Å². The molecule has 1 atom stereocenters. The van der Waals surface area contributed by atoms with E-state index in [0.717, 1.165) is 23.4 Å². The van der Waals surface area contributed by atoms with Gasteiger partial charge in [-0.3, -0.25) is 9.59 Å². The van der Waals surface area contributed by atoms with Gasteiger partial charge in [-0.25, -0.2) is 0 Å². The van der Waals surface area contributed by atoms with Crippen LogP contribution in [0.15, 0.2) is 24.3 Å². The first-order valence-corrected chi connectivity index (χ1v) is 9.38. The molecule has 6 nitrogen and oxygen atoms in total. The molecule has 1 N–H and O–H groups in total. The second-order valence-corrected chi connectivity index (χ2v) is 7.88. The standard InChI is InChI=1S/C18H20N4O2S/c1-11-2-4-12(5-3-11)9-22-10-14(8-15(22)23)16(24)19-18-21-20-17(25-18)13-6-7-13/h2-5,13-14H,6-10H2,1H3,(H,19,21,24)/t14-/m0/s1. The van der Waals surface area contributed by atoms with Gasteiger partial charge in [0.15, 0.2) is 0 Å². The summed E-state index contributed by atoms with van der Waals surface area (Å²) in [5.74, 6) is 0.0855. The van der Waals surface area contributed by atoms with Crippen LogP contribution in [-0.2, 0) is 16.1 Å². The van der Waals surface area contributed by atoms with Gasteiger partial charge in [-0.15, -0.1) is 10.2 Å². The van der Waals surface area contributed by atoms with Crippen molar-refractivity contribution in [2.24, 2.45) is 5.92 Å².